The molecule has 3 heterocycles. The van der Waals surface area contributed by atoms with Gasteiger partial charge in [0, 0.05) is 50.2 Å². The second-order valence-electron chi connectivity index (χ2n) is 11.7. The lowest BCUT2D eigenvalue weighted by molar-refractivity contribution is -0.0337. The van der Waals surface area contributed by atoms with Gasteiger partial charge in [-0.1, -0.05) is 13.8 Å². The minimum atomic E-state index is -0.499. The second kappa shape index (κ2) is 12.1. The number of anilines is 1. The molecule has 0 aliphatic carbocycles. The summed E-state index contributed by atoms with van der Waals surface area (Å²) >= 11 is 0. The van der Waals surface area contributed by atoms with E-state index in [4.69, 9.17) is 15.5 Å². The fraction of sp³-hybridized carbons (Fsp3) is 0.655. The lowest BCUT2D eigenvalue weighted by atomic mass is 9.76. The molecule has 1 spiro atoms. The molecule has 0 bridgehead atoms. The number of carbonyl (C=O) groups is 1. The molecule has 1 aromatic heterocycles. The third kappa shape index (κ3) is 6.32. The first-order chi connectivity index (χ1) is 18.6. The van der Waals surface area contributed by atoms with E-state index >= 15 is 0 Å². The van der Waals surface area contributed by atoms with Gasteiger partial charge < -0.3 is 20.3 Å². The highest BCUT2D eigenvalue weighted by atomic mass is 19.1. The minimum absolute atomic E-state index is 0.0385. The number of carbonyl (C=O) groups excluding carboxylic acids is 1. The van der Waals surface area contributed by atoms with E-state index in [9.17, 15) is 9.18 Å². The number of amides is 1. The van der Waals surface area contributed by atoms with Crippen molar-refractivity contribution in [3.8, 4) is 11.6 Å². The summed E-state index contributed by atoms with van der Waals surface area (Å²) in [4.78, 5) is 24.5. The molecule has 0 saturated carbocycles. The van der Waals surface area contributed by atoms with Gasteiger partial charge in [0.25, 0.3) is 11.8 Å². The Hall–Kier alpha value is -2.85. The summed E-state index contributed by atoms with van der Waals surface area (Å²) in [5.41, 5.74) is 6.16. The smallest absolute Gasteiger partial charge is 0.282 e. The van der Waals surface area contributed by atoms with Gasteiger partial charge in [0.05, 0.1) is 5.56 Å². The molecule has 0 radical (unpaired) electrons. The van der Waals surface area contributed by atoms with E-state index in [0.717, 1.165) is 52.0 Å². The van der Waals surface area contributed by atoms with E-state index < -0.39 is 5.82 Å². The van der Waals surface area contributed by atoms with Gasteiger partial charge in [-0.05, 0) is 77.6 Å². The van der Waals surface area contributed by atoms with Crippen molar-refractivity contribution in [2.75, 3.05) is 44.2 Å². The van der Waals surface area contributed by atoms with Crippen molar-refractivity contribution in [3.63, 3.8) is 0 Å². The number of likely N-dealkylation sites (tertiary alicyclic amines) is 1. The quantitative estimate of drug-likeness (QED) is 0.451. The Kier molecular flexibility index (Phi) is 9.06. The Morgan fingerprint density at radius 1 is 1.21 bits per heavy atom. The molecule has 2 aromatic rings. The molecular formula is C29H44FN7O2. The molecule has 2 fully saturated rings. The highest BCUT2D eigenvalue weighted by Gasteiger charge is 2.50. The molecule has 39 heavy (non-hydrogen) atoms. The summed E-state index contributed by atoms with van der Waals surface area (Å²) in [5.74, 6) is 1.42. The van der Waals surface area contributed by atoms with Crippen LogP contribution in [0.1, 0.15) is 70.1 Å². The van der Waals surface area contributed by atoms with E-state index in [2.05, 4.69) is 33.8 Å². The summed E-state index contributed by atoms with van der Waals surface area (Å²) < 4.78 is 20.4. The SMILES string of the molecule is CCN(C(=O)c1cc(F)ccc1Oc1nnc(C)nc1N1CCC2(C1)CN([C@H](CCCN)C(C)C)C2)C(C)C. The maximum atomic E-state index is 14.2. The molecule has 214 valence electrons. The van der Waals surface area contributed by atoms with Crippen LogP contribution in [0, 0.1) is 24.1 Å². The maximum absolute atomic E-state index is 14.2. The van der Waals surface area contributed by atoms with Crippen molar-refractivity contribution in [1.29, 1.82) is 0 Å². The first kappa shape index (κ1) is 29.1. The molecule has 2 N–H and O–H groups in total. The van der Waals surface area contributed by atoms with Crippen molar-refractivity contribution in [1.82, 2.24) is 25.0 Å². The Balaban J connectivity index is 1.54. The van der Waals surface area contributed by atoms with E-state index in [1.165, 1.54) is 18.2 Å². The van der Waals surface area contributed by atoms with Gasteiger partial charge in [-0.15, -0.1) is 10.2 Å². The molecule has 1 aromatic carbocycles. The predicted molar refractivity (Wildman–Crippen MR) is 151 cm³/mol. The van der Waals surface area contributed by atoms with Gasteiger partial charge in [0.1, 0.15) is 11.6 Å². The number of halogens is 1. The van der Waals surface area contributed by atoms with Gasteiger partial charge >= 0.3 is 0 Å². The van der Waals surface area contributed by atoms with E-state index in [0.29, 0.717) is 30.1 Å². The first-order valence-electron chi connectivity index (χ1n) is 14.3. The molecule has 9 nitrogen and oxygen atoms in total. The number of rotatable bonds is 11. The van der Waals surface area contributed by atoms with Crippen molar-refractivity contribution >= 4 is 11.7 Å². The predicted octanol–water partition coefficient (Wildman–Crippen LogP) is 4.26. The fourth-order valence-corrected chi connectivity index (χ4v) is 6.11. The zero-order chi connectivity index (χ0) is 28.3. The van der Waals surface area contributed by atoms with Crippen LogP contribution in [0.3, 0.4) is 0 Å². The highest BCUT2D eigenvalue weighted by Crippen LogP contribution is 2.44. The third-order valence-corrected chi connectivity index (χ3v) is 8.11. The number of nitrogens with two attached hydrogens (primary N) is 1. The number of nitrogens with zero attached hydrogens (tertiary/aromatic N) is 6. The van der Waals surface area contributed by atoms with Crippen molar-refractivity contribution in [2.24, 2.45) is 17.1 Å². The fourth-order valence-electron chi connectivity index (χ4n) is 6.11. The summed E-state index contributed by atoms with van der Waals surface area (Å²) in [6.07, 6.45) is 3.24. The van der Waals surface area contributed by atoms with Crippen LogP contribution >= 0.6 is 0 Å². The lowest BCUT2D eigenvalue weighted by Crippen LogP contribution is -2.62. The maximum Gasteiger partial charge on any atom is 0.282 e. The summed E-state index contributed by atoms with van der Waals surface area (Å²) in [7, 11) is 0. The van der Waals surface area contributed by atoms with Crippen LogP contribution in [0.15, 0.2) is 18.2 Å². The average Bonchev–Trinajstić information content (AvgIpc) is 3.31. The van der Waals surface area contributed by atoms with E-state index in [1.54, 1.807) is 11.8 Å². The summed E-state index contributed by atoms with van der Waals surface area (Å²) in [6.45, 7) is 17.2. The van der Waals surface area contributed by atoms with Crippen LogP contribution in [-0.2, 0) is 0 Å². The van der Waals surface area contributed by atoms with Crippen LogP contribution in [0.2, 0.25) is 0 Å². The van der Waals surface area contributed by atoms with Gasteiger partial charge in [-0.2, -0.15) is 0 Å². The Morgan fingerprint density at radius 3 is 2.59 bits per heavy atom. The van der Waals surface area contributed by atoms with Gasteiger partial charge in [0.15, 0.2) is 11.6 Å². The Morgan fingerprint density at radius 2 is 1.95 bits per heavy atom. The van der Waals surface area contributed by atoms with Crippen LogP contribution in [-0.4, -0.2) is 82.2 Å². The van der Waals surface area contributed by atoms with Crippen molar-refractivity contribution in [3.05, 3.63) is 35.4 Å². The highest BCUT2D eigenvalue weighted by molar-refractivity contribution is 5.97. The molecular weight excluding hydrogens is 497 g/mol. The summed E-state index contributed by atoms with van der Waals surface area (Å²) in [6, 6.07) is 4.50. The normalized spacial score (nSPS) is 17.6. The Labute approximate surface area is 231 Å². The summed E-state index contributed by atoms with van der Waals surface area (Å²) in [5, 5.41) is 8.45. The number of aryl methyl sites for hydroxylation is 1. The molecule has 2 aliphatic rings. The number of hydrogen-bond donors (Lipinski definition) is 1. The second-order valence-corrected chi connectivity index (χ2v) is 11.7. The van der Waals surface area contributed by atoms with Crippen molar-refractivity contribution in [2.45, 2.75) is 72.9 Å². The number of hydrogen-bond acceptors (Lipinski definition) is 8. The van der Waals surface area contributed by atoms with Crippen LogP contribution in [0.5, 0.6) is 11.6 Å². The molecule has 1 atom stereocenters. The minimum Gasteiger partial charge on any atom is -0.434 e. The lowest BCUT2D eigenvalue weighted by Gasteiger charge is -2.53. The van der Waals surface area contributed by atoms with Crippen LogP contribution in [0.25, 0.3) is 0 Å². The zero-order valence-corrected chi connectivity index (χ0v) is 24.3. The van der Waals surface area contributed by atoms with Gasteiger partial charge in [-0.25, -0.2) is 9.37 Å². The Bertz CT molecular complexity index is 1150. The first-order valence-corrected chi connectivity index (χ1v) is 14.3. The number of aromatic nitrogens is 3. The standard InChI is InChI=1S/C29H44FN7O2/c1-7-37(20(4)5)28(38)23-15-22(30)10-11-25(23)39-27-26(32-21(6)33-34-27)35-14-12-29(16-35)17-36(18-29)24(19(2)3)9-8-13-31/h10-11,15,19-20,24H,7-9,12-14,16-18,31H2,1-6H3/t24-/m1/s1. The van der Waals surface area contributed by atoms with Crippen molar-refractivity contribution < 1.29 is 13.9 Å². The molecule has 4 rings (SSSR count). The zero-order valence-electron chi connectivity index (χ0n) is 24.3. The topological polar surface area (TPSA) is 101 Å². The van der Waals surface area contributed by atoms with E-state index in [1.807, 2.05) is 20.8 Å². The largest absolute Gasteiger partial charge is 0.434 e. The number of ether oxygens (including phenoxy) is 1. The third-order valence-electron chi connectivity index (χ3n) is 8.11. The van der Waals surface area contributed by atoms with E-state index in [-0.39, 0.29) is 34.6 Å². The molecule has 0 unspecified atom stereocenters. The number of benzene rings is 1. The molecule has 10 heteroatoms. The molecule has 1 amide bonds. The molecule has 2 aliphatic heterocycles. The van der Waals surface area contributed by atoms with Crippen LogP contribution in [0.4, 0.5) is 10.2 Å². The van der Waals surface area contributed by atoms with Crippen LogP contribution < -0.4 is 15.4 Å². The van der Waals surface area contributed by atoms with Gasteiger partial charge in [0.2, 0.25) is 0 Å². The molecule has 2 saturated heterocycles. The van der Waals surface area contributed by atoms with Gasteiger partial charge in [-0.3, -0.25) is 9.69 Å². The average molecular weight is 542 g/mol. The monoisotopic (exact) mass is 541 g/mol.